The first-order valence-corrected chi connectivity index (χ1v) is 9.34. The van der Waals surface area contributed by atoms with Gasteiger partial charge in [0.1, 0.15) is 0 Å². The van der Waals surface area contributed by atoms with Gasteiger partial charge >= 0.3 is 0 Å². The average molecular weight is 316 g/mol. The molecule has 1 aromatic carbocycles. The molecule has 0 aromatic heterocycles. The Hall–Kier alpha value is -0.900. The first-order valence-electron chi connectivity index (χ1n) is 9.34. The first-order chi connectivity index (χ1) is 11.1. The predicted octanol–water partition coefficient (Wildman–Crippen LogP) is 3.16. The molecule has 2 unspecified atom stereocenters. The Kier molecular flexibility index (Phi) is 5.73. The van der Waals surface area contributed by atoms with Crippen LogP contribution in [0.1, 0.15) is 55.2 Å². The molecule has 2 atom stereocenters. The average Bonchev–Trinajstić information content (AvgIpc) is 2.53. The minimum atomic E-state index is -0.0940. The fourth-order valence-electron chi connectivity index (χ4n) is 4.39. The monoisotopic (exact) mass is 316 g/mol. The van der Waals surface area contributed by atoms with Gasteiger partial charge in [0.2, 0.25) is 0 Å². The highest BCUT2D eigenvalue weighted by Gasteiger charge is 2.31. The molecule has 2 aliphatic rings. The molecule has 0 bridgehead atoms. The summed E-state index contributed by atoms with van der Waals surface area (Å²) in [6.45, 7) is 7.58. The summed E-state index contributed by atoms with van der Waals surface area (Å²) in [5.41, 5.74) is 4.10. The number of aryl methyl sites for hydroxylation is 2. The normalized spacial score (nSPS) is 27.3. The lowest BCUT2D eigenvalue weighted by atomic mass is 9.89. The van der Waals surface area contributed by atoms with Gasteiger partial charge in [-0.25, -0.2) is 0 Å². The Bertz CT molecular complexity index is 488. The van der Waals surface area contributed by atoms with Crippen molar-refractivity contribution in [1.82, 2.24) is 10.2 Å². The molecule has 0 spiro atoms. The summed E-state index contributed by atoms with van der Waals surface area (Å²) < 4.78 is 0. The summed E-state index contributed by atoms with van der Waals surface area (Å²) in [6.07, 6.45) is 6.97. The van der Waals surface area contributed by atoms with Crippen LogP contribution in [0.15, 0.2) is 18.2 Å². The van der Waals surface area contributed by atoms with Gasteiger partial charge in [0.25, 0.3) is 0 Å². The van der Waals surface area contributed by atoms with Crippen molar-refractivity contribution in [2.24, 2.45) is 0 Å². The minimum absolute atomic E-state index is 0.0940. The van der Waals surface area contributed by atoms with Crippen molar-refractivity contribution in [1.29, 1.82) is 0 Å². The molecule has 2 N–H and O–H groups in total. The third-order valence-electron chi connectivity index (χ3n) is 5.57. The Labute approximate surface area is 141 Å². The summed E-state index contributed by atoms with van der Waals surface area (Å²) in [7, 11) is 0. The SMILES string of the molecule is Cc1cc(C)cc(CNC2CCN(C3CCCCC3O)CC2)c1. The van der Waals surface area contributed by atoms with Gasteiger partial charge in [-0.05, 0) is 45.1 Å². The van der Waals surface area contributed by atoms with Gasteiger partial charge in [0, 0.05) is 31.7 Å². The zero-order valence-corrected chi connectivity index (χ0v) is 14.7. The molecule has 2 fully saturated rings. The van der Waals surface area contributed by atoms with Gasteiger partial charge < -0.3 is 10.4 Å². The highest BCUT2D eigenvalue weighted by molar-refractivity contribution is 5.28. The molecular weight excluding hydrogens is 284 g/mol. The predicted molar refractivity (Wildman–Crippen MR) is 95.6 cm³/mol. The smallest absolute Gasteiger partial charge is 0.0695 e. The quantitative estimate of drug-likeness (QED) is 0.895. The van der Waals surface area contributed by atoms with Crippen molar-refractivity contribution in [3.05, 3.63) is 34.9 Å². The standard InChI is InChI=1S/C20H32N2O/c1-15-11-16(2)13-17(12-15)14-21-18-7-9-22(10-8-18)19-5-3-4-6-20(19)23/h11-13,18-21,23H,3-10,14H2,1-2H3. The largest absolute Gasteiger partial charge is 0.391 e. The van der Waals surface area contributed by atoms with Crippen LogP contribution < -0.4 is 5.32 Å². The third kappa shape index (κ3) is 4.56. The fraction of sp³-hybridized carbons (Fsp3) is 0.700. The molecule has 3 rings (SSSR count). The van der Waals surface area contributed by atoms with E-state index in [1.165, 1.54) is 48.8 Å². The van der Waals surface area contributed by atoms with E-state index in [2.05, 4.69) is 42.3 Å². The van der Waals surface area contributed by atoms with Gasteiger partial charge in [-0.2, -0.15) is 0 Å². The summed E-state index contributed by atoms with van der Waals surface area (Å²) in [5.74, 6) is 0. The fourth-order valence-corrected chi connectivity index (χ4v) is 4.39. The minimum Gasteiger partial charge on any atom is -0.391 e. The van der Waals surface area contributed by atoms with E-state index in [0.717, 1.165) is 26.1 Å². The second kappa shape index (κ2) is 7.78. The second-order valence-corrected chi connectivity index (χ2v) is 7.61. The van der Waals surface area contributed by atoms with Crippen molar-refractivity contribution in [2.75, 3.05) is 13.1 Å². The van der Waals surface area contributed by atoms with Gasteiger partial charge in [0.05, 0.1) is 6.10 Å². The van der Waals surface area contributed by atoms with Gasteiger partial charge in [-0.15, -0.1) is 0 Å². The number of benzene rings is 1. The van der Waals surface area contributed by atoms with E-state index in [1.54, 1.807) is 0 Å². The molecule has 1 saturated carbocycles. The maximum atomic E-state index is 10.2. The van der Waals surface area contributed by atoms with Crippen molar-refractivity contribution >= 4 is 0 Å². The molecule has 1 aliphatic carbocycles. The molecule has 1 saturated heterocycles. The Balaban J connectivity index is 1.45. The molecule has 1 aromatic rings. The van der Waals surface area contributed by atoms with Crippen LogP contribution in [0.5, 0.6) is 0 Å². The molecular formula is C20H32N2O. The van der Waals surface area contributed by atoms with E-state index in [9.17, 15) is 5.11 Å². The molecule has 0 radical (unpaired) electrons. The Morgan fingerprint density at radius 3 is 2.30 bits per heavy atom. The molecule has 3 nitrogen and oxygen atoms in total. The van der Waals surface area contributed by atoms with Crippen LogP contribution in [0.2, 0.25) is 0 Å². The summed E-state index contributed by atoms with van der Waals surface area (Å²) in [6, 6.07) is 7.84. The third-order valence-corrected chi connectivity index (χ3v) is 5.57. The van der Waals surface area contributed by atoms with Gasteiger partial charge in [-0.1, -0.05) is 42.2 Å². The van der Waals surface area contributed by atoms with Crippen LogP contribution in [0, 0.1) is 13.8 Å². The summed E-state index contributed by atoms with van der Waals surface area (Å²) >= 11 is 0. The lowest BCUT2D eigenvalue weighted by Crippen LogP contribution is -2.51. The lowest BCUT2D eigenvalue weighted by Gasteiger charge is -2.41. The molecule has 3 heteroatoms. The van der Waals surface area contributed by atoms with Gasteiger partial charge in [0.15, 0.2) is 0 Å². The van der Waals surface area contributed by atoms with Crippen LogP contribution in [0.4, 0.5) is 0 Å². The number of piperidine rings is 1. The van der Waals surface area contributed by atoms with Crippen LogP contribution in [-0.4, -0.2) is 41.3 Å². The maximum Gasteiger partial charge on any atom is 0.0695 e. The van der Waals surface area contributed by atoms with E-state index in [4.69, 9.17) is 0 Å². The Morgan fingerprint density at radius 2 is 1.65 bits per heavy atom. The second-order valence-electron chi connectivity index (χ2n) is 7.61. The number of hydrogen-bond acceptors (Lipinski definition) is 3. The van der Waals surface area contributed by atoms with Crippen LogP contribution in [-0.2, 0) is 6.54 Å². The number of rotatable bonds is 4. The maximum absolute atomic E-state index is 10.2. The first kappa shape index (κ1) is 16.9. The highest BCUT2D eigenvalue weighted by atomic mass is 16.3. The molecule has 1 aliphatic heterocycles. The topological polar surface area (TPSA) is 35.5 Å². The zero-order valence-electron chi connectivity index (χ0n) is 14.7. The van der Waals surface area contributed by atoms with Crippen molar-refractivity contribution in [3.63, 3.8) is 0 Å². The van der Waals surface area contributed by atoms with Crippen LogP contribution >= 0.6 is 0 Å². The number of likely N-dealkylation sites (tertiary alicyclic amines) is 1. The number of nitrogens with one attached hydrogen (secondary N) is 1. The van der Waals surface area contributed by atoms with E-state index in [-0.39, 0.29) is 6.10 Å². The highest BCUT2D eigenvalue weighted by Crippen LogP contribution is 2.26. The van der Waals surface area contributed by atoms with E-state index >= 15 is 0 Å². The molecule has 23 heavy (non-hydrogen) atoms. The van der Waals surface area contributed by atoms with Crippen LogP contribution in [0.25, 0.3) is 0 Å². The van der Waals surface area contributed by atoms with Crippen LogP contribution in [0.3, 0.4) is 0 Å². The van der Waals surface area contributed by atoms with E-state index in [1.807, 2.05) is 0 Å². The number of aliphatic hydroxyl groups is 1. The van der Waals surface area contributed by atoms with Crippen molar-refractivity contribution in [2.45, 2.75) is 77.1 Å². The zero-order chi connectivity index (χ0) is 16.2. The molecule has 0 amide bonds. The van der Waals surface area contributed by atoms with Crippen molar-refractivity contribution in [3.8, 4) is 0 Å². The molecule has 1 heterocycles. The van der Waals surface area contributed by atoms with Crippen molar-refractivity contribution < 1.29 is 5.11 Å². The number of aliphatic hydroxyl groups excluding tert-OH is 1. The number of nitrogens with zero attached hydrogens (tertiary/aromatic N) is 1. The lowest BCUT2D eigenvalue weighted by molar-refractivity contribution is 0.00714. The Morgan fingerprint density at radius 1 is 1.00 bits per heavy atom. The summed E-state index contributed by atoms with van der Waals surface area (Å²) in [5, 5.41) is 14.0. The van der Waals surface area contributed by atoms with E-state index < -0.39 is 0 Å². The number of hydrogen-bond donors (Lipinski definition) is 2. The molecule has 128 valence electrons. The van der Waals surface area contributed by atoms with E-state index in [0.29, 0.717) is 12.1 Å². The summed E-state index contributed by atoms with van der Waals surface area (Å²) in [4.78, 5) is 2.54. The van der Waals surface area contributed by atoms with Gasteiger partial charge in [-0.3, -0.25) is 4.90 Å².